The summed E-state index contributed by atoms with van der Waals surface area (Å²) in [6.45, 7) is 4.14. The largest absolute Gasteiger partial charge is 0.419 e. The van der Waals surface area contributed by atoms with E-state index in [1.807, 2.05) is 13.8 Å². The van der Waals surface area contributed by atoms with Crippen LogP contribution in [0.3, 0.4) is 0 Å². The van der Waals surface area contributed by atoms with E-state index in [2.05, 4.69) is 5.32 Å². The fraction of sp³-hybridized carbons (Fsp3) is 0.300. The molecule has 1 amide bonds. The average molecular weight is 391 g/mol. The lowest BCUT2D eigenvalue weighted by Gasteiger charge is -2.23. The van der Waals surface area contributed by atoms with Crippen molar-refractivity contribution in [2.75, 3.05) is 0 Å². The molecule has 5 nitrogen and oxygen atoms in total. The Bertz CT molecular complexity index is 1010. The monoisotopic (exact) mass is 390 g/mol. The molecule has 27 heavy (non-hydrogen) atoms. The second kappa shape index (κ2) is 7.96. The first-order valence-electron chi connectivity index (χ1n) is 8.69. The van der Waals surface area contributed by atoms with E-state index in [0.717, 1.165) is 5.56 Å². The zero-order valence-electron chi connectivity index (χ0n) is 15.0. The Labute approximate surface area is 160 Å². The predicted octanol–water partition coefficient (Wildman–Crippen LogP) is 4.29. The van der Waals surface area contributed by atoms with Gasteiger partial charge >= 0.3 is 5.76 Å². The third kappa shape index (κ3) is 4.39. The second-order valence-electron chi connectivity index (χ2n) is 6.72. The van der Waals surface area contributed by atoms with Crippen LogP contribution in [0.2, 0.25) is 5.02 Å². The molecule has 3 aromatic rings. The van der Waals surface area contributed by atoms with E-state index in [1.54, 1.807) is 30.3 Å². The van der Waals surface area contributed by atoms with Crippen molar-refractivity contribution in [2.45, 2.75) is 32.9 Å². The number of aromatic nitrogens is 1. The summed E-state index contributed by atoms with van der Waals surface area (Å²) in [6, 6.07) is 10.8. The van der Waals surface area contributed by atoms with Crippen LogP contribution in [0, 0.1) is 11.7 Å². The minimum absolute atomic E-state index is 0.113. The van der Waals surface area contributed by atoms with Crippen molar-refractivity contribution in [3.63, 3.8) is 0 Å². The minimum atomic E-state index is -0.529. The maximum absolute atomic E-state index is 13.1. The number of halogens is 2. The number of hydrogen-bond acceptors (Lipinski definition) is 3. The van der Waals surface area contributed by atoms with E-state index < -0.39 is 5.76 Å². The highest BCUT2D eigenvalue weighted by Gasteiger charge is 2.19. The molecule has 0 unspecified atom stereocenters. The standard InChI is InChI=1S/C20H20ClFN2O3/c1-12(2)19(13-3-6-15(22)7-4-13)23-18(25)9-10-24-16-8-5-14(21)11-17(16)27-20(24)26/h3-8,11-12,19H,9-10H2,1-2H3,(H,23,25)/t19-/m0/s1. The van der Waals surface area contributed by atoms with Crippen LogP contribution in [0.25, 0.3) is 11.1 Å². The number of amides is 1. The molecular weight excluding hydrogens is 371 g/mol. The molecule has 0 aliphatic heterocycles. The Balaban J connectivity index is 1.71. The molecule has 7 heteroatoms. The molecule has 0 bridgehead atoms. The molecule has 0 saturated heterocycles. The van der Waals surface area contributed by atoms with Gasteiger partial charge in [0.05, 0.1) is 11.6 Å². The summed E-state index contributed by atoms with van der Waals surface area (Å²) in [5.74, 6) is -0.926. The third-order valence-electron chi connectivity index (χ3n) is 4.41. The number of oxazole rings is 1. The molecule has 1 N–H and O–H groups in total. The van der Waals surface area contributed by atoms with Crippen molar-refractivity contribution in [1.29, 1.82) is 0 Å². The van der Waals surface area contributed by atoms with Crippen LogP contribution in [0.15, 0.2) is 51.7 Å². The Morgan fingerprint density at radius 2 is 1.93 bits per heavy atom. The predicted molar refractivity (Wildman–Crippen MR) is 102 cm³/mol. The van der Waals surface area contributed by atoms with Crippen LogP contribution in [0.1, 0.15) is 31.9 Å². The molecule has 1 aromatic heterocycles. The first kappa shape index (κ1) is 19.2. The lowest BCUT2D eigenvalue weighted by atomic mass is 9.96. The van der Waals surface area contributed by atoms with Crippen molar-refractivity contribution < 1.29 is 13.6 Å². The van der Waals surface area contributed by atoms with Crippen LogP contribution in [0.4, 0.5) is 4.39 Å². The van der Waals surface area contributed by atoms with Crippen LogP contribution >= 0.6 is 11.6 Å². The van der Waals surface area contributed by atoms with Gasteiger partial charge in [0, 0.05) is 24.1 Å². The Kier molecular flexibility index (Phi) is 5.65. The summed E-state index contributed by atoms with van der Waals surface area (Å²) >= 11 is 5.90. The van der Waals surface area contributed by atoms with Crippen molar-refractivity contribution >= 4 is 28.6 Å². The third-order valence-corrected chi connectivity index (χ3v) is 4.64. The van der Waals surface area contributed by atoms with E-state index in [-0.39, 0.29) is 36.6 Å². The van der Waals surface area contributed by atoms with Gasteiger partial charge in [-0.05, 0) is 35.7 Å². The van der Waals surface area contributed by atoms with E-state index in [9.17, 15) is 14.0 Å². The van der Waals surface area contributed by atoms with Crippen LogP contribution in [0.5, 0.6) is 0 Å². The fourth-order valence-corrected chi connectivity index (χ4v) is 3.18. The number of nitrogens with one attached hydrogen (secondary N) is 1. The van der Waals surface area contributed by atoms with Gasteiger partial charge in [-0.1, -0.05) is 37.6 Å². The number of carbonyl (C=O) groups is 1. The average Bonchev–Trinajstić information content (AvgIpc) is 2.92. The zero-order valence-corrected chi connectivity index (χ0v) is 15.8. The Morgan fingerprint density at radius 3 is 2.59 bits per heavy atom. The summed E-state index contributed by atoms with van der Waals surface area (Å²) < 4.78 is 19.7. The van der Waals surface area contributed by atoms with E-state index in [0.29, 0.717) is 16.1 Å². The first-order chi connectivity index (χ1) is 12.8. The lowest BCUT2D eigenvalue weighted by Crippen LogP contribution is -2.32. The molecule has 0 saturated carbocycles. The van der Waals surface area contributed by atoms with Gasteiger partial charge in [0.25, 0.3) is 0 Å². The van der Waals surface area contributed by atoms with Crippen molar-refractivity contribution in [1.82, 2.24) is 9.88 Å². The van der Waals surface area contributed by atoms with Crippen molar-refractivity contribution in [3.8, 4) is 0 Å². The first-order valence-corrected chi connectivity index (χ1v) is 9.06. The summed E-state index contributed by atoms with van der Waals surface area (Å²) in [4.78, 5) is 24.5. The molecule has 2 aromatic carbocycles. The molecule has 0 radical (unpaired) electrons. The highest BCUT2D eigenvalue weighted by atomic mass is 35.5. The van der Waals surface area contributed by atoms with Gasteiger partial charge in [-0.3, -0.25) is 9.36 Å². The smallest absolute Gasteiger partial charge is 0.408 e. The molecule has 3 rings (SSSR count). The van der Waals surface area contributed by atoms with E-state index in [4.69, 9.17) is 16.0 Å². The van der Waals surface area contributed by atoms with Gasteiger partial charge in [0.2, 0.25) is 5.91 Å². The van der Waals surface area contributed by atoms with Gasteiger partial charge in [-0.15, -0.1) is 0 Å². The van der Waals surface area contributed by atoms with Gasteiger partial charge in [0.1, 0.15) is 5.82 Å². The lowest BCUT2D eigenvalue weighted by molar-refractivity contribution is -0.122. The number of fused-ring (bicyclic) bond motifs is 1. The number of rotatable bonds is 6. The molecule has 0 fully saturated rings. The van der Waals surface area contributed by atoms with Crippen LogP contribution < -0.4 is 11.1 Å². The Morgan fingerprint density at radius 1 is 1.22 bits per heavy atom. The summed E-state index contributed by atoms with van der Waals surface area (Å²) in [5, 5.41) is 3.44. The molecule has 1 heterocycles. The molecule has 1 atom stereocenters. The SMILES string of the molecule is CC(C)[C@H](NC(=O)CCn1c(=O)oc2cc(Cl)ccc21)c1ccc(F)cc1. The fourth-order valence-electron chi connectivity index (χ4n) is 3.02. The highest BCUT2D eigenvalue weighted by molar-refractivity contribution is 6.31. The molecule has 142 valence electrons. The van der Waals surface area contributed by atoms with Crippen molar-refractivity contribution in [3.05, 3.63) is 69.4 Å². The van der Waals surface area contributed by atoms with Crippen molar-refractivity contribution in [2.24, 2.45) is 5.92 Å². The molecule has 0 aliphatic rings. The molecule has 0 spiro atoms. The zero-order chi connectivity index (χ0) is 19.6. The van der Waals surface area contributed by atoms with Gasteiger partial charge < -0.3 is 9.73 Å². The van der Waals surface area contributed by atoms with Gasteiger partial charge in [-0.25, -0.2) is 9.18 Å². The topological polar surface area (TPSA) is 64.2 Å². The van der Waals surface area contributed by atoms with E-state index in [1.165, 1.54) is 16.7 Å². The maximum atomic E-state index is 13.1. The highest BCUT2D eigenvalue weighted by Crippen LogP contribution is 2.22. The molecular formula is C20H20ClFN2O3. The summed E-state index contributed by atoms with van der Waals surface area (Å²) in [7, 11) is 0. The van der Waals surface area contributed by atoms with E-state index >= 15 is 0 Å². The summed E-state index contributed by atoms with van der Waals surface area (Å²) in [5.41, 5.74) is 1.82. The second-order valence-corrected chi connectivity index (χ2v) is 7.16. The minimum Gasteiger partial charge on any atom is -0.408 e. The maximum Gasteiger partial charge on any atom is 0.419 e. The van der Waals surface area contributed by atoms with Gasteiger partial charge in [-0.2, -0.15) is 0 Å². The number of benzene rings is 2. The number of carbonyl (C=O) groups excluding carboxylic acids is 1. The number of hydrogen-bond donors (Lipinski definition) is 1. The quantitative estimate of drug-likeness (QED) is 0.682. The normalized spacial score (nSPS) is 12.5. The van der Waals surface area contributed by atoms with Gasteiger partial charge in [0.15, 0.2) is 5.58 Å². The van der Waals surface area contributed by atoms with Crippen LogP contribution in [-0.4, -0.2) is 10.5 Å². The Hall–Kier alpha value is -2.60. The molecule has 0 aliphatic carbocycles. The number of aryl methyl sites for hydroxylation is 1. The van der Waals surface area contributed by atoms with Crippen LogP contribution in [-0.2, 0) is 11.3 Å². The number of nitrogens with zero attached hydrogens (tertiary/aromatic N) is 1. The summed E-state index contributed by atoms with van der Waals surface area (Å²) in [6.07, 6.45) is 0.113.